The summed E-state index contributed by atoms with van der Waals surface area (Å²) in [6, 6.07) is -0.331. The lowest BCUT2D eigenvalue weighted by molar-refractivity contribution is -0.142. The van der Waals surface area contributed by atoms with Gasteiger partial charge in [0, 0.05) is 12.1 Å². The van der Waals surface area contributed by atoms with Crippen molar-refractivity contribution in [1.82, 2.24) is 5.32 Å². The van der Waals surface area contributed by atoms with E-state index in [4.69, 9.17) is 5.11 Å². The van der Waals surface area contributed by atoms with E-state index in [0.29, 0.717) is 6.07 Å². The van der Waals surface area contributed by atoms with Crippen LogP contribution in [0, 0.1) is 17.5 Å². The molecule has 1 rings (SSSR count). The summed E-state index contributed by atoms with van der Waals surface area (Å²) in [6.45, 7) is 2.41. The average Bonchev–Trinajstić information content (AvgIpc) is 2.24. The highest BCUT2D eigenvalue weighted by molar-refractivity contribution is 5.93. The maximum Gasteiger partial charge on any atom is 0.328 e. The van der Waals surface area contributed by atoms with Gasteiger partial charge in [-0.1, -0.05) is 0 Å². The number of rotatable bonds is 3. The minimum Gasteiger partial charge on any atom is -0.480 e. The number of carboxylic acid groups (broad SMARTS) is 1. The van der Waals surface area contributed by atoms with Crippen LogP contribution in [-0.4, -0.2) is 22.6 Å². The molecule has 5 nitrogen and oxygen atoms in total. The minimum absolute atomic E-state index is 0.271. The summed E-state index contributed by atoms with van der Waals surface area (Å²) in [4.78, 5) is 22.2. The molecule has 0 unspecified atom stereocenters. The molecule has 0 radical (unpaired) electrons. The van der Waals surface area contributed by atoms with Crippen molar-refractivity contribution in [1.29, 1.82) is 0 Å². The predicted octanol–water partition coefficient (Wildman–Crippen LogP) is 2.09. The van der Waals surface area contributed by atoms with Gasteiger partial charge < -0.3 is 15.7 Å². The molecule has 0 aliphatic rings. The quantitative estimate of drug-likeness (QED) is 0.740. The summed E-state index contributed by atoms with van der Waals surface area (Å²) in [7, 11) is 0. The molecule has 1 aromatic carbocycles. The third kappa shape index (κ3) is 3.60. The summed E-state index contributed by atoms with van der Waals surface area (Å²) >= 11 is 0. The molecular formula is C11H11F3N2O3. The Morgan fingerprint density at radius 1 is 1.11 bits per heavy atom. The Morgan fingerprint density at radius 3 is 2.16 bits per heavy atom. The van der Waals surface area contributed by atoms with Crippen LogP contribution in [0.25, 0.3) is 0 Å². The van der Waals surface area contributed by atoms with Gasteiger partial charge in [0.15, 0.2) is 11.6 Å². The first-order valence-corrected chi connectivity index (χ1v) is 5.10. The van der Waals surface area contributed by atoms with Crippen LogP contribution >= 0.6 is 0 Å². The molecule has 0 aromatic heterocycles. The van der Waals surface area contributed by atoms with Gasteiger partial charge in [-0.15, -0.1) is 0 Å². The fraction of sp³-hybridized carbons (Fsp3) is 0.273. The van der Waals surface area contributed by atoms with E-state index in [1.807, 2.05) is 10.6 Å². The second-order valence-corrected chi connectivity index (χ2v) is 4.26. The van der Waals surface area contributed by atoms with Gasteiger partial charge in [-0.25, -0.2) is 22.8 Å². The van der Waals surface area contributed by atoms with E-state index in [1.165, 1.54) is 13.8 Å². The number of halogens is 3. The fourth-order valence-corrected chi connectivity index (χ4v) is 1.11. The van der Waals surface area contributed by atoms with Crippen molar-refractivity contribution >= 4 is 17.7 Å². The highest BCUT2D eigenvalue weighted by Gasteiger charge is 2.29. The normalized spacial score (nSPS) is 11.0. The minimum atomic E-state index is -1.60. The third-order valence-electron chi connectivity index (χ3n) is 2.22. The Kier molecular flexibility index (Phi) is 4.03. The van der Waals surface area contributed by atoms with Crippen molar-refractivity contribution in [2.75, 3.05) is 5.32 Å². The molecule has 0 heterocycles. The van der Waals surface area contributed by atoms with E-state index < -0.39 is 40.7 Å². The lowest BCUT2D eigenvalue weighted by Crippen LogP contribution is -2.51. The van der Waals surface area contributed by atoms with Gasteiger partial charge >= 0.3 is 12.0 Å². The summed E-state index contributed by atoms with van der Waals surface area (Å²) in [5, 5.41) is 12.7. The second-order valence-electron chi connectivity index (χ2n) is 4.26. The van der Waals surface area contributed by atoms with Crippen molar-refractivity contribution in [3.63, 3.8) is 0 Å². The molecule has 19 heavy (non-hydrogen) atoms. The van der Waals surface area contributed by atoms with Crippen LogP contribution in [0.3, 0.4) is 0 Å². The molecule has 1 aromatic rings. The van der Waals surface area contributed by atoms with E-state index in [1.54, 1.807) is 0 Å². The molecule has 0 spiro atoms. The van der Waals surface area contributed by atoms with E-state index >= 15 is 0 Å². The summed E-state index contributed by atoms with van der Waals surface area (Å²) in [5.41, 5.74) is -2.20. The van der Waals surface area contributed by atoms with Crippen LogP contribution in [0.5, 0.6) is 0 Å². The van der Waals surface area contributed by atoms with E-state index in [2.05, 4.69) is 0 Å². The van der Waals surface area contributed by atoms with Crippen molar-refractivity contribution in [2.24, 2.45) is 0 Å². The SMILES string of the molecule is CC(C)(NC(=O)Nc1cc(F)c(F)cc1F)C(=O)O. The van der Waals surface area contributed by atoms with Gasteiger partial charge in [-0.2, -0.15) is 0 Å². The number of urea groups is 1. The lowest BCUT2D eigenvalue weighted by atomic mass is 10.1. The Hall–Kier alpha value is -2.25. The lowest BCUT2D eigenvalue weighted by Gasteiger charge is -2.21. The van der Waals surface area contributed by atoms with E-state index in [-0.39, 0.29) is 6.07 Å². The smallest absolute Gasteiger partial charge is 0.328 e. The zero-order chi connectivity index (χ0) is 14.8. The van der Waals surface area contributed by atoms with Gasteiger partial charge in [0.1, 0.15) is 11.4 Å². The Morgan fingerprint density at radius 2 is 1.63 bits per heavy atom. The molecule has 0 saturated carbocycles. The molecular weight excluding hydrogens is 265 g/mol. The van der Waals surface area contributed by atoms with Gasteiger partial charge in [0.05, 0.1) is 5.69 Å². The van der Waals surface area contributed by atoms with Gasteiger partial charge in [-0.3, -0.25) is 0 Å². The molecule has 3 N–H and O–H groups in total. The molecule has 0 aliphatic carbocycles. The monoisotopic (exact) mass is 276 g/mol. The van der Waals surface area contributed by atoms with Crippen molar-refractivity contribution in [2.45, 2.75) is 19.4 Å². The first kappa shape index (κ1) is 14.8. The zero-order valence-corrected chi connectivity index (χ0v) is 10.1. The molecule has 0 aliphatic heterocycles. The van der Waals surface area contributed by atoms with Crippen LogP contribution in [0.2, 0.25) is 0 Å². The zero-order valence-electron chi connectivity index (χ0n) is 10.1. The number of hydrogen-bond donors (Lipinski definition) is 3. The Balaban J connectivity index is 2.84. The van der Waals surface area contributed by atoms with E-state index in [9.17, 15) is 22.8 Å². The highest BCUT2D eigenvalue weighted by Crippen LogP contribution is 2.18. The summed E-state index contributed by atoms with van der Waals surface area (Å²) in [6.07, 6.45) is 0. The van der Waals surface area contributed by atoms with Gasteiger partial charge in [0.2, 0.25) is 0 Å². The number of carbonyl (C=O) groups excluding carboxylic acids is 1. The van der Waals surface area contributed by atoms with Crippen LogP contribution in [0.15, 0.2) is 12.1 Å². The number of carbonyl (C=O) groups is 2. The van der Waals surface area contributed by atoms with Gasteiger partial charge in [0.25, 0.3) is 0 Å². The molecule has 104 valence electrons. The van der Waals surface area contributed by atoms with Crippen molar-refractivity contribution in [3.8, 4) is 0 Å². The van der Waals surface area contributed by atoms with Crippen LogP contribution in [-0.2, 0) is 4.79 Å². The molecule has 0 atom stereocenters. The standard InChI is InChI=1S/C11H11F3N2O3/c1-11(2,9(17)18)16-10(19)15-8-4-6(13)5(12)3-7(8)14/h3-4H,1-2H3,(H,17,18)(H2,15,16,19). The fourth-order valence-electron chi connectivity index (χ4n) is 1.11. The largest absolute Gasteiger partial charge is 0.480 e. The number of nitrogens with one attached hydrogen (secondary N) is 2. The maximum absolute atomic E-state index is 13.2. The summed E-state index contributed by atoms with van der Waals surface area (Å²) < 4.78 is 38.7. The Labute approximate surface area is 106 Å². The molecule has 0 fully saturated rings. The second kappa shape index (κ2) is 5.17. The van der Waals surface area contributed by atoms with Crippen LogP contribution in [0.4, 0.5) is 23.7 Å². The topological polar surface area (TPSA) is 78.4 Å². The molecule has 2 amide bonds. The third-order valence-corrected chi connectivity index (χ3v) is 2.22. The Bertz CT molecular complexity index is 532. The first-order chi connectivity index (χ1) is 8.63. The number of carboxylic acids is 1. The average molecular weight is 276 g/mol. The molecule has 8 heteroatoms. The highest BCUT2D eigenvalue weighted by atomic mass is 19.2. The maximum atomic E-state index is 13.2. The van der Waals surface area contributed by atoms with Crippen molar-refractivity contribution < 1.29 is 27.9 Å². The van der Waals surface area contributed by atoms with Crippen LogP contribution in [0.1, 0.15) is 13.8 Å². The summed E-state index contributed by atoms with van der Waals surface area (Å²) in [5.74, 6) is -5.22. The predicted molar refractivity (Wildman–Crippen MR) is 60.2 cm³/mol. The van der Waals surface area contributed by atoms with E-state index in [0.717, 1.165) is 0 Å². The number of hydrogen-bond acceptors (Lipinski definition) is 2. The number of aliphatic carboxylic acids is 1. The van der Waals surface area contributed by atoms with Gasteiger partial charge in [-0.05, 0) is 13.8 Å². The first-order valence-electron chi connectivity index (χ1n) is 5.10. The molecule has 0 saturated heterocycles. The number of amides is 2. The molecule has 0 bridgehead atoms. The number of benzene rings is 1. The van der Waals surface area contributed by atoms with Crippen molar-refractivity contribution in [3.05, 3.63) is 29.6 Å². The van der Waals surface area contributed by atoms with Crippen LogP contribution < -0.4 is 10.6 Å². The number of anilines is 1.